The number of methoxy groups -OCH3 is 3. The van der Waals surface area contributed by atoms with Crippen LogP contribution < -0.4 is 14.2 Å². The van der Waals surface area contributed by atoms with Crippen LogP contribution in [0.5, 0.6) is 17.2 Å². The molecule has 0 spiro atoms. The number of nitrogens with zero attached hydrogens (tertiary/aromatic N) is 2. The Morgan fingerprint density at radius 3 is 2.38 bits per heavy atom. The second-order valence-electron chi connectivity index (χ2n) is 8.70. The number of hydrogen-bond acceptors (Lipinski definition) is 5. The largest absolute Gasteiger partial charge is 0.493 e. The van der Waals surface area contributed by atoms with E-state index in [9.17, 15) is 9.59 Å². The highest BCUT2D eigenvalue weighted by Crippen LogP contribution is 2.46. The molecule has 0 saturated carbocycles. The first kappa shape index (κ1) is 22.1. The molecule has 3 heterocycles. The molecule has 5 rings (SSSR count). The van der Waals surface area contributed by atoms with Crippen LogP contribution in [0.1, 0.15) is 36.2 Å². The molecule has 2 aromatic carbocycles. The van der Waals surface area contributed by atoms with Crippen LogP contribution in [-0.4, -0.2) is 67.1 Å². The zero-order valence-electron chi connectivity index (χ0n) is 19.9. The lowest BCUT2D eigenvalue weighted by atomic mass is 9.86. The summed E-state index contributed by atoms with van der Waals surface area (Å²) in [5.74, 6) is 1.41. The van der Waals surface area contributed by atoms with Crippen molar-refractivity contribution in [2.45, 2.75) is 31.8 Å². The molecule has 0 radical (unpaired) electrons. The molecule has 1 aromatic heterocycles. The third-order valence-electron chi connectivity index (χ3n) is 6.84. The van der Waals surface area contributed by atoms with Crippen LogP contribution in [0.3, 0.4) is 0 Å². The van der Waals surface area contributed by atoms with Gasteiger partial charge in [-0.15, -0.1) is 0 Å². The number of para-hydroxylation sites is 1. The summed E-state index contributed by atoms with van der Waals surface area (Å²) in [6.07, 6.45) is 1.28. The van der Waals surface area contributed by atoms with E-state index in [2.05, 4.69) is 11.1 Å². The van der Waals surface area contributed by atoms with Crippen molar-refractivity contribution in [1.29, 1.82) is 0 Å². The van der Waals surface area contributed by atoms with Gasteiger partial charge in [0, 0.05) is 29.6 Å². The number of aromatic amines is 1. The molecule has 178 valence electrons. The lowest BCUT2D eigenvalue weighted by molar-refractivity contribution is -0.158. The van der Waals surface area contributed by atoms with Gasteiger partial charge in [-0.25, -0.2) is 0 Å². The summed E-state index contributed by atoms with van der Waals surface area (Å²) in [6.45, 7) is 2.67. The number of carbonyl (C=O) groups excluding carboxylic acids is 2. The summed E-state index contributed by atoms with van der Waals surface area (Å²) in [5.41, 5.74) is 3.75. The topological polar surface area (TPSA) is 84.1 Å². The van der Waals surface area contributed by atoms with E-state index >= 15 is 0 Å². The van der Waals surface area contributed by atoms with Crippen molar-refractivity contribution < 1.29 is 23.8 Å². The molecule has 2 aliphatic rings. The maximum absolute atomic E-state index is 13.5. The second kappa shape index (κ2) is 8.59. The smallest absolute Gasteiger partial charge is 0.246 e. The molecular weight excluding hydrogens is 434 g/mol. The van der Waals surface area contributed by atoms with Gasteiger partial charge in [0.25, 0.3) is 0 Å². The monoisotopic (exact) mass is 463 g/mol. The predicted octanol–water partition coefficient (Wildman–Crippen LogP) is 3.29. The highest BCUT2D eigenvalue weighted by molar-refractivity contribution is 5.97. The van der Waals surface area contributed by atoms with Crippen molar-refractivity contribution in [2.24, 2.45) is 0 Å². The number of ether oxygens (including phenoxy) is 3. The number of aromatic nitrogens is 1. The number of benzene rings is 2. The van der Waals surface area contributed by atoms with Gasteiger partial charge in [-0.1, -0.05) is 25.1 Å². The molecule has 3 aromatic rings. The summed E-state index contributed by atoms with van der Waals surface area (Å²) in [6, 6.07) is 10.7. The van der Waals surface area contributed by atoms with Crippen molar-refractivity contribution >= 4 is 22.7 Å². The van der Waals surface area contributed by atoms with Crippen LogP contribution in [-0.2, 0) is 16.0 Å². The normalized spacial score (nSPS) is 19.8. The minimum Gasteiger partial charge on any atom is -0.493 e. The van der Waals surface area contributed by atoms with Gasteiger partial charge in [0.15, 0.2) is 11.5 Å². The Bertz CT molecular complexity index is 1240. The van der Waals surface area contributed by atoms with Gasteiger partial charge in [0.1, 0.15) is 6.04 Å². The fraction of sp³-hybridized carbons (Fsp3) is 0.385. The summed E-state index contributed by atoms with van der Waals surface area (Å²) in [5, 5.41) is 1.07. The summed E-state index contributed by atoms with van der Waals surface area (Å²) < 4.78 is 16.7. The van der Waals surface area contributed by atoms with E-state index in [0.717, 1.165) is 34.1 Å². The predicted molar refractivity (Wildman–Crippen MR) is 127 cm³/mol. The Morgan fingerprint density at radius 2 is 1.74 bits per heavy atom. The Balaban J connectivity index is 1.74. The number of hydrogen-bond donors (Lipinski definition) is 1. The van der Waals surface area contributed by atoms with Gasteiger partial charge in [-0.05, 0) is 35.7 Å². The van der Waals surface area contributed by atoms with E-state index in [-0.39, 0.29) is 18.4 Å². The number of piperazine rings is 1. The summed E-state index contributed by atoms with van der Waals surface area (Å²) in [4.78, 5) is 34.0. The summed E-state index contributed by atoms with van der Waals surface area (Å²) >= 11 is 0. The van der Waals surface area contributed by atoms with E-state index in [1.807, 2.05) is 37.3 Å². The average molecular weight is 464 g/mol. The fourth-order valence-corrected chi connectivity index (χ4v) is 5.39. The lowest BCUT2D eigenvalue weighted by Crippen LogP contribution is -2.63. The second-order valence-corrected chi connectivity index (χ2v) is 8.70. The number of nitrogens with one attached hydrogen (secondary N) is 1. The van der Waals surface area contributed by atoms with Crippen LogP contribution >= 0.6 is 0 Å². The van der Waals surface area contributed by atoms with Crippen LogP contribution in [0.4, 0.5) is 0 Å². The third-order valence-corrected chi connectivity index (χ3v) is 6.84. The average Bonchev–Trinajstić information content (AvgIpc) is 3.23. The van der Waals surface area contributed by atoms with Gasteiger partial charge >= 0.3 is 0 Å². The summed E-state index contributed by atoms with van der Waals surface area (Å²) in [7, 11) is 4.69. The molecule has 34 heavy (non-hydrogen) atoms. The van der Waals surface area contributed by atoms with Crippen LogP contribution in [0.2, 0.25) is 0 Å². The first-order valence-electron chi connectivity index (χ1n) is 11.5. The number of amides is 2. The van der Waals surface area contributed by atoms with E-state index < -0.39 is 12.1 Å². The molecule has 1 fully saturated rings. The number of carbonyl (C=O) groups is 2. The minimum absolute atomic E-state index is 0.00479. The SMILES string of the molecule is CCCN1CC(=O)N2[C@@H](c3cc(OC)c(OC)c(OC)c3)c3[nH]c4ccccc4c3C[C@H]2C1=O. The molecule has 0 aliphatic carbocycles. The van der Waals surface area contributed by atoms with Gasteiger partial charge in [0.05, 0.1) is 33.9 Å². The van der Waals surface area contributed by atoms with Crippen molar-refractivity contribution in [3.63, 3.8) is 0 Å². The molecule has 1 saturated heterocycles. The van der Waals surface area contributed by atoms with Crippen molar-refractivity contribution in [1.82, 2.24) is 14.8 Å². The molecule has 2 amide bonds. The van der Waals surface area contributed by atoms with Crippen molar-refractivity contribution in [2.75, 3.05) is 34.4 Å². The fourth-order valence-electron chi connectivity index (χ4n) is 5.39. The number of rotatable bonds is 6. The van der Waals surface area contributed by atoms with Gasteiger partial charge in [-0.3, -0.25) is 9.59 Å². The molecule has 8 nitrogen and oxygen atoms in total. The van der Waals surface area contributed by atoms with E-state index in [1.165, 1.54) is 0 Å². The standard InChI is InChI=1S/C26H29N3O5/c1-5-10-28-14-22(30)29-19(26(28)31)13-17-16-8-6-7-9-18(16)27-23(17)24(29)15-11-20(32-2)25(34-4)21(12-15)33-3/h6-9,11-12,19,24,27H,5,10,13-14H2,1-4H3/t19-,24-/m0/s1. The van der Waals surface area contributed by atoms with E-state index in [1.54, 1.807) is 31.1 Å². The third kappa shape index (κ3) is 3.28. The minimum atomic E-state index is -0.566. The van der Waals surface area contributed by atoms with E-state index in [0.29, 0.717) is 30.2 Å². The quantitative estimate of drug-likeness (QED) is 0.607. The Morgan fingerprint density at radius 1 is 1.03 bits per heavy atom. The zero-order valence-corrected chi connectivity index (χ0v) is 19.9. The molecule has 2 aliphatic heterocycles. The van der Waals surface area contributed by atoms with Gasteiger partial charge in [-0.2, -0.15) is 0 Å². The van der Waals surface area contributed by atoms with Crippen molar-refractivity contribution in [3.8, 4) is 17.2 Å². The highest BCUT2D eigenvalue weighted by atomic mass is 16.5. The Hall–Kier alpha value is -3.68. The molecule has 2 atom stereocenters. The van der Waals surface area contributed by atoms with E-state index in [4.69, 9.17) is 14.2 Å². The van der Waals surface area contributed by atoms with Crippen LogP contribution in [0.25, 0.3) is 10.9 Å². The molecule has 0 bridgehead atoms. The Labute approximate surface area is 198 Å². The maximum atomic E-state index is 13.5. The van der Waals surface area contributed by atoms with Crippen LogP contribution in [0, 0.1) is 0 Å². The first-order valence-corrected chi connectivity index (χ1v) is 11.5. The molecule has 0 unspecified atom stereocenters. The molecule has 1 N–H and O–H groups in total. The first-order chi connectivity index (χ1) is 16.5. The zero-order chi connectivity index (χ0) is 24.0. The molecule has 8 heteroatoms. The maximum Gasteiger partial charge on any atom is 0.246 e. The number of fused-ring (bicyclic) bond motifs is 4. The molecular formula is C26H29N3O5. The van der Waals surface area contributed by atoms with Crippen molar-refractivity contribution in [3.05, 3.63) is 53.2 Å². The van der Waals surface area contributed by atoms with Crippen LogP contribution in [0.15, 0.2) is 36.4 Å². The van der Waals surface area contributed by atoms with Gasteiger partial charge in [0.2, 0.25) is 17.6 Å². The number of H-pyrrole nitrogens is 1. The lowest BCUT2D eigenvalue weighted by Gasteiger charge is -2.47. The highest BCUT2D eigenvalue weighted by Gasteiger charge is 2.48. The Kier molecular flexibility index (Phi) is 5.59. The van der Waals surface area contributed by atoms with Gasteiger partial charge < -0.3 is 29.0 Å².